The Hall–Kier alpha value is -6.51. The molecule has 304 valence electrons. The van der Waals surface area contributed by atoms with Crippen molar-refractivity contribution >= 4 is 21.9 Å². The van der Waals surface area contributed by atoms with Crippen LogP contribution in [0.25, 0.3) is 55.7 Å². The molecule has 0 atom stereocenters. The first kappa shape index (κ1) is 29.7. The fourth-order valence-corrected chi connectivity index (χ4v) is 7.07. The van der Waals surface area contributed by atoms with Gasteiger partial charge in [0.15, 0.2) is 0 Å². The molecule has 4 aromatic heterocycles. The van der Waals surface area contributed by atoms with Crippen LogP contribution in [0.15, 0.2) is 144 Å². The van der Waals surface area contributed by atoms with Gasteiger partial charge in [0.1, 0.15) is 5.58 Å². The second-order valence-electron chi connectivity index (χ2n) is 14.7. The minimum atomic E-state index is -3.15. The predicted octanol–water partition coefficient (Wildman–Crippen LogP) is 12.8. The first-order valence-corrected chi connectivity index (χ1v) is 19.7. The number of aromatic nitrogens is 3. The van der Waals surface area contributed by atoms with Gasteiger partial charge in [0.05, 0.1) is 17.2 Å². The monoisotopic (exact) mass is 994 g/mol. The summed E-state index contributed by atoms with van der Waals surface area (Å²) in [5.41, 5.74) is 3.00. The Kier molecular flexibility index (Phi) is 9.12. The number of nitriles is 1. The fraction of sp³-hybridized carbons (Fsp3) is 0.179. The van der Waals surface area contributed by atoms with Gasteiger partial charge in [0.25, 0.3) is 0 Å². The quantitative estimate of drug-likeness (QED) is 0.108. The maximum Gasteiger partial charge on any atom is 3.00 e. The molecule has 0 N–H and O–H groups in total. The van der Waals surface area contributed by atoms with Crippen LogP contribution in [0.2, 0.25) is 0 Å². The molecule has 0 radical (unpaired) electrons. The van der Waals surface area contributed by atoms with E-state index in [9.17, 15) is 21.7 Å². The van der Waals surface area contributed by atoms with Crippen molar-refractivity contribution in [1.29, 1.82) is 5.26 Å². The maximum atomic E-state index is 9.70. The number of pyridine rings is 3. The molecule has 0 amide bonds. The van der Waals surface area contributed by atoms with Gasteiger partial charge in [-0.2, -0.15) is 5.26 Å². The van der Waals surface area contributed by atoms with Crippen LogP contribution in [0.5, 0.6) is 0 Å². The van der Waals surface area contributed by atoms with Crippen molar-refractivity contribution in [1.82, 2.24) is 15.0 Å². The minimum Gasteiger partial charge on any atom is -0.500 e. The van der Waals surface area contributed by atoms with E-state index in [0.29, 0.717) is 61.6 Å². The normalized spacial score (nSPS) is 15.5. The SMILES string of the molecule is [2H]C([2H])(c1ccc(-c2[c-]cccc2)nc1)C([2H])([2H])c1cc(C([2H])([2H])C([2H])([2H])c2ccc(-c3[c-]cccc3)nc2)cc(C([2H])([2H])C([2H])([2H])c2cnc(-c3[c-]ccc4c3oc3c(C)c(C#N)ccc34)cc2C(C)C)c1.[Ir+3]. The van der Waals surface area contributed by atoms with Crippen LogP contribution in [-0.2, 0) is 58.3 Å². The third kappa shape index (κ3) is 9.21. The van der Waals surface area contributed by atoms with Crippen molar-refractivity contribution in [2.24, 2.45) is 0 Å². The van der Waals surface area contributed by atoms with E-state index in [1.807, 2.05) is 12.1 Å². The second-order valence-corrected chi connectivity index (χ2v) is 14.7. The van der Waals surface area contributed by atoms with Crippen LogP contribution >= 0.6 is 0 Å². The molecule has 9 rings (SSSR count). The van der Waals surface area contributed by atoms with Gasteiger partial charge in [0, 0.05) is 46.0 Å². The van der Waals surface area contributed by atoms with Crippen molar-refractivity contribution in [3.63, 3.8) is 0 Å². The number of aryl methyl sites for hydroxylation is 7. The van der Waals surface area contributed by atoms with Gasteiger partial charge >= 0.3 is 20.1 Å². The molecule has 0 saturated carbocycles. The molecule has 62 heavy (non-hydrogen) atoms. The molecule has 6 heteroatoms. The third-order valence-corrected chi connectivity index (χ3v) is 10.3. The van der Waals surface area contributed by atoms with E-state index < -0.39 is 60.8 Å². The summed E-state index contributed by atoms with van der Waals surface area (Å²) >= 11 is 0. The van der Waals surface area contributed by atoms with Gasteiger partial charge in [-0.25, -0.2) is 0 Å². The Balaban J connectivity index is 0.00000729. The van der Waals surface area contributed by atoms with E-state index in [1.165, 1.54) is 42.9 Å². The smallest absolute Gasteiger partial charge is 0.500 e. The zero-order valence-electron chi connectivity index (χ0n) is 45.9. The largest absolute Gasteiger partial charge is 3.00 e. The first-order chi connectivity index (χ1) is 34.4. The average molecular weight is 994 g/mol. The summed E-state index contributed by atoms with van der Waals surface area (Å²) in [4.78, 5) is 13.4. The summed E-state index contributed by atoms with van der Waals surface area (Å²) in [6.45, 7) is 5.40. The molecule has 4 heterocycles. The first-order valence-electron chi connectivity index (χ1n) is 25.7. The Morgan fingerprint density at radius 1 is 0.597 bits per heavy atom. The van der Waals surface area contributed by atoms with Crippen LogP contribution in [0.3, 0.4) is 0 Å². The summed E-state index contributed by atoms with van der Waals surface area (Å²) in [6, 6.07) is 42.9. The van der Waals surface area contributed by atoms with Gasteiger partial charge < -0.3 is 19.4 Å². The fourth-order valence-electron chi connectivity index (χ4n) is 7.07. The molecule has 5 nitrogen and oxygen atoms in total. The molecule has 0 saturated heterocycles. The number of rotatable bonds is 13. The molecular formula is C56H45IrN4O. The van der Waals surface area contributed by atoms with Crippen molar-refractivity contribution in [3.05, 3.63) is 208 Å². The summed E-state index contributed by atoms with van der Waals surface area (Å²) in [5, 5.41) is 11.2. The molecule has 0 fully saturated rings. The van der Waals surface area contributed by atoms with E-state index in [4.69, 9.17) is 4.42 Å². The molecule has 0 unspecified atom stereocenters. The average Bonchev–Trinajstić information content (AvgIpc) is 3.78. The second kappa shape index (κ2) is 19.0. The molecule has 0 aliphatic rings. The number of furan rings is 1. The summed E-state index contributed by atoms with van der Waals surface area (Å²) in [7, 11) is 0. The number of nitrogens with zero attached hydrogens (tertiary/aromatic N) is 4. The van der Waals surface area contributed by atoms with Gasteiger partial charge in [-0.15, -0.1) is 90.0 Å². The van der Waals surface area contributed by atoms with Crippen molar-refractivity contribution in [3.8, 4) is 39.8 Å². The van der Waals surface area contributed by atoms with Crippen LogP contribution in [0.1, 0.15) is 86.3 Å². The predicted molar refractivity (Wildman–Crippen MR) is 245 cm³/mol. The number of hydrogen-bond acceptors (Lipinski definition) is 5. The number of benzene rings is 5. The zero-order valence-corrected chi connectivity index (χ0v) is 36.3. The molecule has 5 aromatic carbocycles. The molecule has 0 bridgehead atoms. The van der Waals surface area contributed by atoms with E-state index >= 15 is 0 Å². The van der Waals surface area contributed by atoms with Gasteiger partial charge in [-0.05, 0) is 113 Å². The maximum absolute atomic E-state index is 9.70. The van der Waals surface area contributed by atoms with E-state index in [0.717, 1.165) is 29.0 Å². The van der Waals surface area contributed by atoms with E-state index in [-0.39, 0.29) is 36.8 Å². The Morgan fingerprint density at radius 3 is 1.69 bits per heavy atom. The van der Waals surface area contributed by atoms with Crippen LogP contribution in [0, 0.1) is 36.5 Å². The molecule has 0 aliphatic carbocycles. The van der Waals surface area contributed by atoms with E-state index in [1.54, 1.807) is 87.5 Å². The number of fused-ring (bicyclic) bond motifs is 3. The van der Waals surface area contributed by atoms with Gasteiger partial charge in [0.2, 0.25) is 0 Å². The Morgan fingerprint density at radius 2 is 1.16 bits per heavy atom. The third-order valence-electron chi connectivity index (χ3n) is 10.3. The van der Waals surface area contributed by atoms with Crippen LogP contribution < -0.4 is 0 Å². The topological polar surface area (TPSA) is 75.6 Å². The Labute approximate surface area is 394 Å². The van der Waals surface area contributed by atoms with E-state index in [2.05, 4.69) is 39.2 Å². The molecular weight excluding hydrogens is 937 g/mol. The van der Waals surface area contributed by atoms with Gasteiger partial charge in [-0.1, -0.05) is 79.4 Å². The Bertz CT molecular complexity index is 3460. The standard InChI is InChI=1S/C56H45N4O.Ir/c1-37(2)51-32-54(50-16-10-15-48-49-26-25-46(33-57)38(3)55(49)61-56(48)50)60-36-47(51)24-21-43-30-41(19-17-39-22-27-52(58-34-39)44-11-6-4-7-12-44)29-42(31-43)20-18-40-23-28-53(59-35-40)45-13-8-5-9-14-45;/h4-11,13,15,22-23,25-32,34-37H,17-21,24H2,1-3H3;/q-3;+3/i17D2,18D2,19D2,20D2,21D2,24D2;. The molecule has 9 aromatic rings. The van der Waals surface area contributed by atoms with Crippen molar-refractivity contribution < 1.29 is 41.0 Å². The number of hydrogen-bond donors (Lipinski definition) is 0. The van der Waals surface area contributed by atoms with Crippen LogP contribution in [-0.4, -0.2) is 15.0 Å². The molecule has 0 spiro atoms. The van der Waals surface area contributed by atoms with Crippen molar-refractivity contribution in [2.75, 3.05) is 0 Å². The minimum absolute atomic E-state index is 0. The molecule has 0 aliphatic heterocycles. The summed E-state index contributed by atoms with van der Waals surface area (Å²) < 4.78 is 120. The summed E-state index contributed by atoms with van der Waals surface area (Å²) in [5.74, 6) is -0.429. The van der Waals surface area contributed by atoms with Gasteiger partial charge in [-0.3, -0.25) is 0 Å². The zero-order chi connectivity index (χ0) is 52.5. The van der Waals surface area contributed by atoms with Crippen molar-refractivity contribution in [2.45, 2.75) is 64.9 Å². The summed E-state index contributed by atoms with van der Waals surface area (Å²) in [6.07, 6.45) is -14.6. The van der Waals surface area contributed by atoms with Crippen LogP contribution in [0.4, 0.5) is 0 Å².